The lowest BCUT2D eigenvalue weighted by molar-refractivity contribution is 0.00732. The molecule has 1 aliphatic carbocycles. The lowest BCUT2D eigenvalue weighted by atomic mass is 9.89. The SMILES string of the molecule is CNc1cc(-c2cn(C(C)C)c3nnccc23)nc2c(C(=O)N[C@H]3CC[C@@H]3OC)cnn12. The van der Waals surface area contributed by atoms with Crippen molar-refractivity contribution in [1.82, 2.24) is 34.7 Å². The molecule has 2 N–H and O–H groups in total. The van der Waals surface area contributed by atoms with E-state index in [1.807, 2.05) is 25.4 Å². The molecule has 1 amide bonds. The molecule has 4 aromatic heterocycles. The summed E-state index contributed by atoms with van der Waals surface area (Å²) in [6.45, 7) is 4.20. The molecule has 5 rings (SSSR count). The van der Waals surface area contributed by atoms with Crippen LogP contribution in [0.3, 0.4) is 0 Å². The third kappa shape index (κ3) is 3.18. The van der Waals surface area contributed by atoms with Crippen molar-refractivity contribution in [2.24, 2.45) is 0 Å². The zero-order chi connectivity index (χ0) is 22.4. The molecule has 0 radical (unpaired) electrons. The van der Waals surface area contributed by atoms with Gasteiger partial charge in [-0.05, 0) is 32.8 Å². The van der Waals surface area contributed by atoms with Crippen molar-refractivity contribution in [2.75, 3.05) is 19.5 Å². The van der Waals surface area contributed by atoms with Crippen molar-refractivity contribution in [2.45, 2.75) is 44.9 Å². The maximum Gasteiger partial charge on any atom is 0.257 e. The van der Waals surface area contributed by atoms with Gasteiger partial charge in [0.25, 0.3) is 5.91 Å². The Morgan fingerprint density at radius 2 is 2.12 bits per heavy atom. The predicted molar refractivity (Wildman–Crippen MR) is 121 cm³/mol. The van der Waals surface area contributed by atoms with Crippen LogP contribution in [0.1, 0.15) is 43.1 Å². The average Bonchev–Trinajstić information content (AvgIpc) is 3.38. The number of hydrogen-bond acceptors (Lipinski definition) is 7. The van der Waals surface area contributed by atoms with Crippen LogP contribution in [0.25, 0.3) is 27.9 Å². The van der Waals surface area contributed by atoms with Gasteiger partial charge < -0.3 is 19.9 Å². The minimum absolute atomic E-state index is 0.0111. The van der Waals surface area contributed by atoms with E-state index in [2.05, 4.69) is 44.3 Å². The number of ether oxygens (including phenoxy) is 1. The predicted octanol–water partition coefficient (Wildman–Crippen LogP) is 2.67. The molecular weight excluding hydrogens is 408 g/mol. The number of methoxy groups -OCH3 is 1. The molecule has 0 bridgehead atoms. The van der Waals surface area contributed by atoms with Crippen molar-refractivity contribution in [3.05, 3.63) is 36.3 Å². The minimum atomic E-state index is -0.200. The zero-order valence-electron chi connectivity index (χ0n) is 18.5. The van der Waals surface area contributed by atoms with Crippen LogP contribution in [0.5, 0.6) is 0 Å². The third-order valence-corrected chi connectivity index (χ3v) is 6.14. The first-order chi connectivity index (χ1) is 15.5. The van der Waals surface area contributed by atoms with Gasteiger partial charge in [-0.2, -0.15) is 14.7 Å². The fourth-order valence-corrected chi connectivity index (χ4v) is 4.19. The van der Waals surface area contributed by atoms with Crippen molar-refractivity contribution >= 4 is 28.4 Å². The molecule has 1 aliphatic rings. The van der Waals surface area contributed by atoms with E-state index >= 15 is 0 Å². The number of rotatable bonds is 6. The average molecular weight is 435 g/mol. The Hall–Kier alpha value is -3.53. The van der Waals surface area contributed by atoms with E-state index in [9.17, 15) is 4.79 Å². The van der Waals surface area contributed by atoms with Crippen LogP contribution < -0.4 is 10.6 Å². The second-order valence-corrected chi connectivity index (χ2v) is 8.31. The molecule has 2 atom stereocenters. The van der Waals surface area contributed by atoms with E-state index in [1.165, 1.54) is 0 Å². The Morgan fingerprint density at radius 1 is 1.28 bits per heavy atom. The number of carbonyl (C=O) groups excluding carboxylic acids is 1. The highest BCUT2D eigenvalue weighted by Crippen LogP contribution is 2.32. The maximum absolute atomic E-state index is 13.0. The number of nitrogens with zero attached hydrogens (tertiary/aromatic N) is 6. The second kappa shape index (κ2) is 7.86. The molecule has 10 nitrogen and oxygen atoms in total. The zero-order valence-corrected chi connectivity index (χ0v) is 18.5. The summed E-state index contributed by atoms with van der Waals surface area (Å²) in [6.07, 6.45) is 7.18. The molecule has 10 heteroatoms. The van der Waals surface area contributed by atoms with Crippen molar-refractivity contribution in [3.63, 3.8) is 0 Å². The monoisotopic (exact) mass is 434 g/mol. The number of fused-ring (bicyclic) bond motifs is 2. The summed E-state index contributed by atoms with van der Waals surface area (Å²) in [6, 6.07) is 4.08. The van der Waals surface area contributed by atoms with E-state index in [-0.39, 0.29) is 24.1 Å². The van der Waals surface area contributed by atoms with Gasteiger partial charge in [-0.1, -0.05) is 0 Å². The summed E-state index contributed by atoms with van der Waals surface area (Å²) < 4.78 is 9.13. The van der Waals surface area contributed by atoms with Crippen LogP contribution in [0.4, 0.5) is 5.82 Å². The second-order valence-electron chi connectivity index (χ2n) is 8.31. The van der Waals surface area contributed by atoms with Gasteiger partial charge in [-0.3, -0.25) is 4.79 Å². The molecule has 0 aliphatic heterocycles. The minimum Gasteiger partial charge on any atom is -0.379 e. The van der Waals surface area contributed by atoms with Crippen LogP contribution in [0.15, 0.2) is 30.7 Å². The molecule has 0 saturated heterocycles. The standard InChI is InChI=1S/C22H26N8O2/c1-12(2)29-11-15(13-7-8-24-28-21(13)29)17-9-19(23-3)30-20(26-17)14(10-25-30)22(31)27-16-5-6-18(16)32-4/h7-12,16,18,23H,5-6H2,1-4H3,(H,27,31)/t16-,18-/m0/s1. The summed E-state index contributed by atoms with van der Waals surface area (Å²) in [7, 11) is 3.49. The number of hydrogen-bond donors (Lipinski definition) is 2. The van der Waals surface area contributed by atoms with Crippen LogP contribution >= 0.6 is 0 Å². The van der Waals surface area contributed by atoms with Gasteiger partial charge in [0.15, 0.2) is 11.3 Å². The van der Waals surface area contributed by atoms with E-state index < -0.39 is 0 Å². The highest BCUT2D eigenvalue weighted by Gasteiger charge is 2.33. The number of aromatic nitrogens is 6. The molecule has 1 saturated carbocycles. The lowest BCUT2D eigenvalue weighted by Gasteiger charge is -2.35. The number of amides is 1. The Kier molecular flexibility index (Phi) is 5.01. The van der Waals surface area contributed by atoms with Gasteiger partial charge in [-0.15, -0.1) is 5.10 Å². The Balaban J connectivity index is 1.62. The quantitative estimate of drug-likeness (QED) is 0.480. The highest BCUT2D eigenvalue weighted by atomic mass is 16.5. The first-order valence-electron chi connectivity index (χ1n) is 10.7. The smallest absolute Gasteiger partial charge is 0.257 e. The van der Waals surface area contributed by atoms with Crippen molar-refractivity contribution in [3.8, 4) is 11.3 Å². The van der Waals surface area contributed by atoms with Gasteiger partial charge in [0.1, 0.15) is 11.4 Å². The van der Waals surface area contributed by atoms with Gasteiger partial charge >= 0.3 is 0 Å². The van der Waals surface area contributed by atoms with Gasteiger partial charge in [0.2, 0.25) is 0 Å². The third-order valence-electron chi connectivity index (χ3n) is 6.14. The number of carbonyl (C=O) groups is 1. The van der Waals surface area contributed by atoms with E-state index in [1.54, 1.807) is 24.0 Å². The topological polar surface area (TPSA) is 111 Å². The Morgan fingerprint density at radius 3 is 2.81 bits per heavy atom. The molecule has 0 aromatic carbocycles. The fraction of sp³-hybridized carbons (Fsp3) is 0.409. The molecular formula is C22H26N8O2. The van der Waals surface area contributed by atoms with Crippen molar-refractivity contribution in [1.29, 1.82) is 0 Å². The molecule has 0 spiro atoms. The largest absolute Gasteiger partial charge is 0.379 e. The molecule has 4 heterocycles. The molecule has 0 unspecified atom stereocenters. The lowest BCUT2D eigenvalue weighted by Crippen LogP contribution is -2.51. The summed E-state index contributed by atoms with van der Waals surface area (Å²) in [4.78, 5) is 17.9. The van der Waals surface area contributed by atoms with Crippen LogP contribution in [-0.2, 0) is 4.74 Å². The fourth-order valence-electron chi connectivity index (χ4n) is 4.19. The summed E-state index contributed by atoms with van der Waals surface area (Å²) in [5.74, 6) is 0.531. The number of nitrogens with one attached hydrogen (secondary N) is 2. The van der Waals surface area contributed by atoms with Gasteiger partial charge in [0, 0.05) is 43.4 Å². The summed E-state index contributed by atoms with van der Waals surface area (Å²) in [5.41, 5.74) is 3.37. The first-order valence-corrected chi connectivity index (χ1v) is 10.7. The van der Waals surface area contributed by atoms with Gasteiger partial charge in [-0.25, -0.2) is 4.98 Å². The normalized spacial score (nSPS) is 18.3. The molecule has 166 valence electrons. The highest BCUT2D eigenvalue weighted by molar-refractivity contribution is 6.01. The van der Waals surface area contributed by atoms with Crippen molar-refractivity contribution < 1.29 is 9.53 Å². The maximum atomic E-state index is 13.0. The van der Waals surface area contributed by atoms with Gasteiger partial charge in [0.05, 0.1) is 30.2 Å². The molecule has 4 aromatic rings. The molecule has 1 fully saturated rings. The number of anilines is 1. The molecule has 32 heavy (non-hydrogen) atoms. The van der Waals surface area contributed by atoms with E-state index in [0.717, 1.165) is 41.0 Å². The van der Waals surface area contributed by atoms with E-state index in [0.29, 0.717) is 11.2 Å². The Labute approximate surface area is 185 Å². The van der Waals surface area contributed by atoms with E-state index in [4.69, 9.17) is 9.72 Å². The van der Waals surface area contributed by atoms with Crippen LogP contribution in [0.2, 0.25) is 0 Å². The van der Waals surface area contributed by atoms with Crippen LogP contribution in [-0.4, -0.2) is 61.6 Å². The van der Waals surface area contributed by atoms with Crippen LogP contribution in [0, 0.1) is 0 Å². The summed E-state index contributed by atoms with van der Waals surface area (Å²) >= 11 is 0. The first kappa shape index (κ1) is 20.4. The Bertz CT molecular complexity index is 1310. The summed E-state index contributed by atoms with van der Waals surface area (Å²) in [5, 5.41) is 20.0.